The summed E-state index contributed by atoms with van der Waals surface area (Å²) in [6, 6.07) is 10.9. The number of hydrogen-bond acceptors (Lipinski definition) is 4. The van der Waals surface area contributed by atoms with E-state index in [1.165, 1.54) is 54.9 Å². The van der Waals surface area contributed by atoms with E-state index in [4.69, 9.17) is 18.9 Å². The fourth-order valence-electron chi connectivity index (χ4n) is 3.54. The Kier molecular flexibility index (Phi) is 8.92. The topological polar surface area (TPSA) is 36.9 Å². The van der Waals surface area contributed by atoms with Crippen molar-refractivity contribution in [2.75, 3.05) is 39.6 Å². The van der Waals surface area contributed by atoms with Gasteiger partial charge in [-0.15, -0.1) is 0 Å². The van der Waals surface area contributed by atoms with Crippen LogP contribution >= 0.6 is 0 Å². The monoisotopic (exact) mass is 386 g/mol. The molecule has 1 aliphatic rings. The van der Waals surface area contributed by atoms with Crippen molar-refractivity contribution in [1.82, 2.24) is 0 Å². The molecule has 0 fully saturated rings. The molecular formula is C24H34O4. The molecule has 2 aromatic carbocycles. The molecule has 0 saturated heterocycles. The quantitative estimate of drug-likeness (QED) is 0.585. The van der Waals surface area contributed by atoms with Gasteiger partial charge in [-0.05, 0) is 41.3 Å². The van der Waals surface area contributed by atoms with Gasteiger partial charge in [-0.1, -0.05) is 57.2 Å². The number of fused-ring (bicyclic) bond motifs is 2. The summed E-state index contributed by atoms with van der Waals surface area (Å²) in [5.74, 6) is 1.56. The largest absolute Gasteiger partial charge is 0.487 e. The molecule has 0 bridgehead atoms. The SMILES string of the molecule is CCCCCCCCc1ccc2cc3c(cc2c1)OCCOCCOCCO3. The molecule has 0 aliphatic carbocycles. The first-order valence-corrected chi connectivity index (χ1v) is 10.8. The molecule has 1 aliphatic heterocycles. The Morgan fingerprint density at radius 2 is 1.25 bits per heavy atom. The summed E-state index contributed by atoms with van der Waals surface area (Å²) in [6.45, 7) is 5.58. The number of hydrogen-bond donors (Lipinski definition) is 0. The van der Waals surface area contributed by atoms with Crippen LogP contribution in [0.1, 0.15) is 51.0 Å². The standard InChI is InChI=1S/C24H34O4/c1-2-3-4-5-6-7-8-20-9-10-21-18-23-24(19-22(21)17-20)28-16-14-26-12-11-25-13-15-27-23/h9-10,17-19H,2-8,11-16H2,1H3. The Labute approximate surface area is 169 Å². The Morgan fingerprint density at radius 1 is 0.643 bits per heavy atom. The van der Waals surface area contributed by atoms with Crippen molar-refractivity contribution in [1.29, 1.82) is 0 Å². The fraction of sp³-hybridized carbons (Fsp3) is 0.583. The molecule has 0 saturated carbocycles. The third-order valence-corrected chi connectivity index (χ3v) is 5.13. The van der Waals surface area contributed by atoms with Crippen LogP contribution in [0.3, 0.4) is 0 Å². The van der Waals surface area contributed by atoms with Crippen LogP contribution < -0.4 is 9.47 Å². The summed E-state index contributed by atoms with van der Waals surface area (Å²) in [5, 5.41) is 2.38. The van der Waals surface area contributed by atoms with E-state index in [2.05, 4.69) is 37.3 Å². The molecule has 4 heteroatoms. The molecule has 0 amide bonds. The smallest absolute Gasteiger partial charge is 0.161 e. The van der Waals surface area contributed by atoms with E-state index in [1.54, 1.807) is 0 Å². The highest BCUT2D eigenvalue weighted by Crippen LogP contribution is 2.33. The maximum Gasteiger partial charge on any atom is 0.161 e. The van der Waals surface area contributed by atoms with Crippen LogP contribution in [-0.4, -0.2) is 39.6 Å². The molecule has 3 rings (SSSR count). The van der Waals surface area contributed by atoms with Crippen molar-refractivity contribution in [3.63, 3.8) is 0 Å². The summed E-state index contributed by atoms with van der Waals surface area (Å²) >= 11 is 0. The number of benzene rings is 2. The summed E-state index contributed by atoms with van der Waals surface area (Å²) < 4.78 is 22.9. The minimum absolute atomic E-state index is 0.512. The molecule has 0 radical (unpaired) electrons. The van der Waals surface area contributed by atoms with Gasteiger partial charge in [0.1, 0.15) is 13.2 Å². The lowest BCUT2D eigenvalue weighted by atomic mass is 10.0. The molecule has 0 unspecified atom stereocenters. The van der Waals surface area contributed by atoms with Crippen molar-refractivity contribution in [2.24, 2.45) is 0 Å². The van der Waals surface area contributed by atoms with Crippen LogP contribution in [0.25, 0.3) is 10.8 Å². The van der Waals surface area contributed by atoms with Gasteiger partial charge in [-0.25, -0.2) is 0 Å². The molecule has 0 spiro atoms. The third-order valence-electron chi connectivity index (χ3n) is 5.13. The summed E-state index contributed by atoms with van der Waals surface area (Å²) in [6.07, 6.45) is 9.11. The minimum atomic E-state index is 0.512. The molecule has 4 nitrogen and oxygen atoms in total. The fourth-order valence-corrected chi connectivity index (χ4v) is 3.54. The molecule has 154 valence electrons. The van der Waals surface area contributed by atoms with Crippen molar-refractivity contribution < 1.29 is 18.9 Å². The summed E-state index contributed by atoms with van der Waals surface area (Å²) in [5.41, 5.74) is 1.40. The van der Waals surface area contributed by atoms with Crippen LogP contribution in [0, 0.1) is 0 Å². The van der Waals surface area contributed by atoms with E-state index in [9.17, 15) is 0 Å². The van der Waals surface area contributed by atoms with Gasteiger partial charge in [0.25, 0.3) is 0 Å². The van der Waals surface area contributed by atoms with Gasteiger partial charge in [-0.2, -0.15) is 0 Å². The second kappa shape index (κ2) is 11.9. The predicted molar refractivity (Wildman–Crippen MR) is 114 cm³/mol. The first-order valence-electron chi connectivity index (χ1n) is 10.8. The van der Waals surface area contributed by atoms with Crippen LogP contribution in [0.2, 0.25) is 0 Å². The second-order valence-electron chi connectivity index (χ2n) is 7.42. The lowest BCUT2D eigenvalue weighted by Gasteiger charge is -2.16. The first kappa shape index (κ1) is 20.9. The third kappa shape index (κ3) is 6.68. The van der Waals surface area contributed by atoms with E-state index in [-0.39, 0.29) is 0 Å². The Bertz CT molecular complexity index is 713. The molecule has 0 N–H and O–H groups in total. The maximum absolute atomic E-state index is 5.95. The van der Waals surface area contributed by atoms with E-state index < -0.39 is 0 Å². The molecule has 0 atom stereocenters. The van der Waals surface area contributed by atoms with Gasteiger partial charge in [-0.3, -0.25) is 0 Å². The Balaban J connectivity index is 1.66. The highest BCUT2D eigenvalue weighted by molar-refractivity contribution is 5.86. The number of aryl methyl sites for hydroxylation is 1. The lowest BCUT2D eigenvalue weighted by Crippen LogP contribution is -2.15. The van der Waals surface area contributed by atoms with Crippen molar-refractivity contribution in [3.05, 3.63) is 35.9 Å². The zero-order valence-electron chi connectivity index (χ0n) is 17.2. The van der Waals surface area contributed by atoms with Gasteiger partial charge in [0.2, 0.25) is 0 Å². The van der Waals surface area contributed by atoms with E-state index in [1.807, 2.05) is 0 Å². The van der Waals surface area contributed by atoms with Crippen molar-refractivity contribution >= 4 is 10.8 Å². The van der Waals surface area contributed by atoms with Gasteiger partial charge in [0.15, 0.2) is 11.5 Å². The average Bonchev–Trinajstić information content (AvgIpc) is 2.70. The normalized spacial score (nSPS) is 15.8. The highest BCUT2D eigenvalue weighted by Gasteiger charge is 2.10. The van der Waals surface area contributed by atoms with Crippen LogP contribution in [0.15, 0.2) is 30.3 Å². The van der Waals surface area contributed by atoms with E-state index in [0.717, 1.165) is 17.9 Å². The van der Waals surface area contributed by atoms with Crippen LogP contribution in [0.5, 0.6) is 11.5 Å². The number of rotatable bonds is 7. The number of ether oxygens (including phenoxy) is 4. The zero-order chi connectivity index (χ0) is 19.4. The second-order valence-corrected chi connectivity index (χ2v) is 7.42. The maximum atomic E-state index is 5.95. The predicted octanol–water partition coefficient (Wildman–Crippen LogP) is 5.55. The average molecular weight is 387 g/mol. The summed E-state index contributed by atoms with van der Waals surface area (Å²) in [4.78, 5) is 0. The van der Waals surface area contributed by atoms with Gasteiger partial charge in [0.05, 0.1) is 26.4 Å². The molecule has 0 aromatic heterocycles. The zero-order valence-corrected chi connectivity index (χ0v) is 17.2. The summed E-state index contributed by atoms with van der Waals surface area (Å²) in [7, 11) is 0. The minimum Gasteiger partial charge on any atom is -0.487 e. The van der Waals surface area contributed by atoms with Crippen LogP contribution in [-0.2, 0) is 15.9 Å². The first-order chi connectivity index (χ1) is 13.9. The van der Waals surface area contributed by atoms with Crippen molar-refractivity contribution in [3.8, 4) is 11.5 Å². The van der Waals surface area contributed by atoms with Crippen LogP contribution in [0.4, 0.5) is 0 Å². The molecule has 2 aromatic rings. The van der Waals surface area contributed by atoms with E-state index in [0.29, 0.717) is 39.6 Å². The van der Waals surface area contributed by atoms with Gasteiger partial charge in [0, 0.05) is 0 Å². The number of unbranched alkanes of at least 4 members (excludes halogenated alkanes) is 5. The molecule has 1 heterocycles. The van der Waals surface area contributed by atoms with Crippen molar-refractivity contribution in [2.45, 2.75) is 51.9 Å². The Hall–Kier alpha value is -1.78. The molecule has 28 heavy (non-hydrogen) atoms. The van der Waals surface area contributed by atoms with Gasteiger partial charge < -0.3 is 18.9 Å². The lowest BCUT2D eigenvalue weighted by molar-refractivity contribution is 0.0224. The molecular weight excluding hydrogens is 352 g/mol. The van der Waals surface area contributed by atoms with E-state index >= 15 is 0 Å². The Morgan fingerprint density at radius 3 is 1.96 bits per heavy atom. The van der Waals surface area contributed by atoms with Gasteiger partial charge >= 0.3 is 0 Å². The highest BCUT2D eigenvalue weighted by atomic mass is 16.6.